The molecule has 6 heterocycles. The van der Waals surface area contributed by atoms with Crippen LogP contribution in [0.4, 0.5) is 23.8 Å². The number of alkyl halides is 1. The Balaban J connectivity index is 1.24. The fourth-order valence-electron chi connectivity index (χ4n) is 7.59. The maximum absolute atomic E-state index is 16.8. The summed E-state index contributed by atoms with van der Waals surface area (Å²) in [6, 6.07) is 4.49. The lowest BCUT2D eigenvalue weighted by Gasteiger charge is -2.38. The van der Waals surface area contributed by atoms with E-state index < -0.39 is 40.8 Å². The van der Waals surface area contributed by atoms with E-state index >= 15 is 4.39 Å². The van der Waals surface area contributed by atoms with Crippen LogP contribution >= 0.6 is 0 Å². The van der Waals surface area contributed by atoms with Gasteiger partial charge >= 0.3 is 12.0 Å². The van der Waals surface area contributed by atoms with E-state index in [4.69, 9.17) is 11.2 Å². The molecule has 0 aliphatic carbocycles. The molecule has 0 bridgehead atoms. The summed E-state index contributed by atoms with van der Waals surface area (Å²) >= 11 is 0. The van der Waals surface area contributed by atoms with Gasteiger partial charge in [-0.25, -0.2) is 23.4 Å². The molecule has 4 aliphatic rings. The van der Waals surface area contributed by atoms with Gasteiger partial charge < -0.3 is 15.2 Å². The number of rotatable bonds is 5. The lowest BCUT2D eigenvalue weighted by molar-refractivity contribution is -0.124. The molecule has 2 aromatic heterocycles. The van der Waals surface area contributed by atoms with Crippen molar-refractivity contribution in [1.82, 2.24) is 35.9 Å². The van der Waals surface area contributed by atoms with E-state index in [1.54, 1.807) is 5.01 Å². The average Bonchev–Trinajstić information content (AvgIpc) is 3.68. The van der Waals surface area contributed by atoms with Crippen LogP contribution in [0.1, 0.15) is 31.2 Å². The first-order valence-electron chi connectivity index (χ1n) is 15.5. The topological polar surface area (TPSA) is 145 Å². The third-order valence-corrected chi connectivity index (χ3v) is 9.93. The van der Waals surface area contributed by atoms with E-state index in [9.17, 15) is 23.5 Å². The van der Waals surface area contributed by atoms with Gasteiger partial charge in [0.25, 0.3) is 5.91 Å². The number of aromatic hydroxyl groups is 1. The van der Waals surface area contributed by atoms with E-state index in [1.165, 1.54) is 30.5 Å². The molecular weight excluding hydrogens is 629 g/mol. The molecule has 0 radical (unpaired) electrons. The van der Waals surface area contributed by atoms with Crippen LogP contribution in [0.5, 0.6) is 11.8 Å². The standard InChI is InChI=1S/C33H29F3N8O4/c1-2-20-23(35)5-4-17-10-19(45)11-21(24(17)20)26-25(36)27-22(13-37-26)28(44-9-7-33(15-38-44)29(46)41-30(47)42-33)40-31(39-27)48-16-32-6-3-8-43(32)14-18(34)12-32/h1,4-5,10-11,13,18,38,45H,3,6-9,12,14-16H2,(H2,41,42,46,47)/t18-,32+,33?/m1/s1. The van der Waals surface area contributed by atoms with E-state index in [0.29, 0.717) is 18.4 Å². The number of urea groups is 1. The highest BCUT2D eigenvalue weighted by Crippen LogP contribution is 2.42. The molecule has 4 aliphatic heterocycles. The van der Waals surface area contributed by atoms with Crippen LogP contribution in [-0.4, -0.2) is 86.9 Å². The van der Waals surface area contributed by atoms with Crippen molar-refractivity contribution in [3.05, 3.63) is 47.7 Å². The van der Waals surface area contributed by atoms with Crippen molar-refractivity contribution < 1.29 is 32.6 Å². The predicted octanol–water partition coefficient (Wildman–Crippen LogP) is 3.06. The number of hydrogen-bond acceptors (Lipinski definition) is 10. The molecule has 246 valence electrons. The van der Waals surface area contributed by atoms with Crippen molar-refractivity contribution >= 4 is 39.4 Å². The lowest BCUT2D eigenvalue weighted by atomic mass is 9.93. The smallest absolute Gasteiger partial charge is 0.322 e. The van der Waals surface area contributed by atoms with Crippen molar-refractivity contribution in [2.75, 3.05) is 37.8 Å². The Kier molecular flexibility index (Phi) is 6.86. The highest BCUT2D eigenvalue weighted by Gasteiger charge is 2.50. The number of pyridine rings is 1. The maximum atomic E-state index is 16.8. The number of halogens is 3. The number of ether oxygens (including phenoxy) is 1. The maximum Gasteiger partial charge on any atom is 0.322 e. The van der Waals surface area contributed by atoms with Gasteiger partial charge in [0.05, 0.1) is 16.5 Å². The summed E-state index contributed by atoms with van der Waals surface area (Å²) in [5.74, 6) is 0.253. The highest BCUT2D eigenvalue weighted by molar-refractivity contribution is 6.07. The number of nitrogens with one attached hydrogen (secondary N) is 3. The highest BCUT2D eigenvalue weighted by atomic mass is 19.1. The van der Waals surface area contributed by atoms with Gasteiger partial charge in [0, 0.05) is 49.6 Å². The van der Waals surface area contributed by atoms with E-state index in [-0.39, 0.29) is 76.8 Å². The Labute approximate surface area is 271 Å². The van der Waals surface area contributed by atoms with Crippen molar-refractivity contribution in [2.24, 2.45) is 0 Å². The van der Waals surface area contributed by atoms with Crippen LogP contribution in [-0.2, 0) is 4.79 Å². The number of benzene rings is 2. The number of carbonyl (C=O) groups excluding carboxylic acids is 2. The van der Waals surface area contributed by atoms with Gasteiger partial charge in [-0.05, 0) is 43.0 Å². The predicted molar refractivity (Wildman–Crippen MR) is 168 cm³/mol. The summed E-state index contributed by atoms with van der Waals surface area (Å²) in [6.07, 6.45) is 8.16. The van der Waals surface area contributed by atoms with Crippen LogP contribution in [0.3, 0.4) is 0 Å². The number of phenolic OH excluding ortho intramolecular Hbond substituents is 1. The van der Waals surface area contributed by atoms with Crippen molar-refractivity contribution in [1.29, 1.82) is 0 Å². The molecule has 15 heteroatoms. The Morgan fingerprint density at radius 3 is 2.77 bits per heavy atom. The molecule has 12 nitrogen and oxygen atoms in total. The zero-order valence-electron chi connectivity index (χ0n) is 25.4. The summed E-state index contributed by atoms with van der Waals surface area (Å²) in [4.78, 5) is 40.0. The number of imide groups is 1. The van der Waals surface area contributed by atoms with Gasteiger partial charge in [0.2, 0.25) is 0 Å². The third kappa shape index (κ3) is 4.66. The van der Waals surface area contributed by atoms with Gasteiger partial charge in [0.1, 0.15) is 41.1 Å². The Morgan fingerprint density at radius 1 is 1.17 bits per heavy atom. The fourth-order valence-corrected chi connectivity index (χ4v) is 7.59. The molecule has 4 saturated heterocycles. The first-order valence-corrected chi connectivity index (χ1v) is 15.5. The number of anilines is 1. The van der Waals surface area contributed by atoms with Crippen LogP contribution in [0.15, 0.2) is 30.5 Å². The van der Waals surface area contributed by atoms with E-state index in [1.807, 2.05) is 0 Å². The van der Waals surface area contributed by atoms with Gasteiger partial charge in [0.15, 0.2) is 11.6 Å². The van der Waals surface area contributed by atoms with Gasteiger partial charge in [-0.2, -0.15) is 9.97 Å². The van der Waals surface area contributed by atoms with Crippen molar-refractivity contribution in [3.63, 3.8) is 0 Å². The number of carbonyl (C=O) groups is 2. The van der Waals surface area contributed by atoms with Gasteiger partial charge in [-0.3, -0.25) is 25.0 Å². The number of amides is 3. The van der Waals surface area contributed by atoms with Crippen LogP contribution < -0.4 is 25.8 Å². The molecule has 2 aromatic carbocycles. The van der Waals surface area contributed by atoms with Gasteiger partial charge in [-0.15, -0.1) is 6.42 Å². The molecule has 4 N–H and O–H groups in total. The summed E-state index contributed by atoms with van der Waals surface area (Å²) in [5, 5.41) is 17.8. The van der Waals surface area contributed by atoms with Crippen molar-refractivity contribution in [3.8, 4) is 35.4 Å². The number of fused-ring (bicyclic) bond motifs is 3. The Morgan fingerprint density at radius 2 is 2.02 bits per heavy atom. The molecule has 48 heavy (non-hydrogen) atoms. The molecule has 3 amide bonds. The molecule has 4 aromatic rings. The van der Waals surface area contributed by atoms with Crippen LogP contribution in [0.2, 0.25) is 0 Å². The zero-order chi connectivity index (χ0) is 33.4. The molecule has 1 spiro atoms. The Hall–Kier alpha value is -5.20. The molecule has 3 atom stereocenters. The van der Waals surface area contributed by atoms with Crippen LogP contribution in [0, 0.1) is 24.0 Å². The SMILES string of the molecule is C#Cc1c(F)ccc2cc(O)cc(-c3ncc4c(N5CCC6(CN5)NC(=O)NC6=O)nc(OC[C@@]56CCCN5C[C@H](F)C6)nc4c3F)c12. The second kappa shape index (κ2) is 10.9. The average molecular weight is 659 g/mol. The molecular formula is C33H29F3N8O4. The number of hydrogen-bond donors (Lipinski definition) is 4. The zero-order valence-corrected chi connectivity index (χ0v) is 25.4. The fraction of sp³-hybridized carbons (Fsp3) is 0.364. The molecule has 1 unspecified atom stereocenters. The van der Waals surface area contributed by atoms with Crippen molar-refractivity contribution in [2.45, 2.75) is 42.9 Å². The summed E-state index contributed by atoms with van der Waals surface area (Å²) in [7, 11) is 0. The summed E-state index contributed by atoms with van der Waals surface area (Å²) in [5.41, 5.74) is 0.928. The number of terminal acetylenes is 1. The largest absolute Gasteiger partial charge is 0.508 e. The Bertz CT molecular complexity index is 2080. The third-order valence-electron chi connectivity index (χ3n) is 9.93. The molecule has 0 saturated carbocycles. The van der Waals surface area contributed by atoms with E-state index in [2.05, 4.69) is 41.8 Å². The summed E-state index contributed by atoms with van der Waals surface area (Å²) in [6.45, 7) is 1.35. The lowest BCUT2D eigenvalue weighted by Crippen LogP contribution is -2.63. The normalized spacial score (nSPS) is 25.5. The first kappa shape index (κ1) is 30.2. The molecule has 4 fully saturated rings. The molecule has 8 rings (SSSR count). The second-order valence-corrected chi connectivity index (χ2v) is 12.8. The van der Waals surface area contributed by atoms with Crippen LogP contribution in [0.25, 0.3) is 32.9 Å². The number of nitrogens with zero attached hydrogens (tertiary/aromatic N) is 5. The number of phenols is 1. The minimum atomic E-state index is -1.16. The first-order chi connectivity index (χ1) is 23.1. The monoisotopic (exact) mass is 658 g/mol. The quantitative estimate of drug-likeness (QED) is 0.187. The minimum Gasteiger partial charge on any atom is -0.508 e. The van der Waals surface area contributed by atoms with Gasteiger partial charge in [-0.1, -0.05) is 12.0 Å². The number of aromatic nitrogens is 3. The minimum absolute atomic E-state index is 0.0198. The summed E-state index contributed by atoms with van der Waals surface area (Å²) < 4.78 is 52.2. The van der Waals surface area contributed by atoms with E-state index in [0.717, 1.165) is 19.4 Å². The second-order valence-electron chi connectivity index (χ2n) is 12.8. The number of hydrazine groups is 1.